The number of nitrogens with two attached hydrogens (primary N) is 1. The topological polar surface area (TPSA) is 41.7 Å². The van der Waals surface area contributed by atoms with Gasteiger partial charge in [0, 0.05) is 31.7 Å². The van der Waals surface area contributed by atoms with Crippen molar-refractivity contribution in [3.05, 3.63) is 29.8 Å². The van der Waals surface area contributed by atoms with Gasteiger partial charge in [-0.3, -0.25) is 4.90 Å². The van der Waals surface area contributed by atoms with E-state index >= 15 is 0 Å². The lowest BCUT2D eigenvalue weighted by Gasteiger charge is -2.40. The normalized spacial score (nSPS) is 23.0. The Kier molecular flexibility index (Phi) is 4.75. The number of hydrogen-bond donors (Lipinski definition) is 1. The van der Waals surface area contributed by atoms with Crippen LogP contribution in [0.4, 0.5) is 13.2 Å². The zero-order valence-corrected chi connectivity index (χ0v) is 12.1. The molecule has 1 aromatic rings. The molecule has 0 amide bonds. The van der Waals surface area contributed by atoms with Gasteiger partial charge in [0.2, 0.25) is 0 Å². The average molecular weight is 303 g/mol. The van der Waals surface area contributed by atoms with E-state index in [4.69, 9.17) is 5.73 Å². The standard InChI is InChI=1S/C14H20F3N3O/c1-19-6-7-20(2)12(9-19)13(18)10-4-3-5-11(8-10)21-14(15,16)17/h3-5,8,12-13H,6-7,9,18H2,1-2H3. The van der Waals surface area contributed by atoms with E-state index in [1.54, 1.807) is 6.07 Å². The maximum Gasteiger partial charge on any atom is 0.573 e. The van der Waals surface area contributed by atoms with E-state index in [0.29, 0.717) is 5.56 Å². The minimum Gasteiger partial charge on any atom is -0.406 e. The molecule has 1 aliphatic rings. The Morgan fingerprint density at radius 2 is 2.00 bits per heavy atom. The van der Waals surface area contributed by atoms with E-state index in [9.17, 15) is 13.2 Å². The molecule has 4 nitrogen and oxygen atoms in total. The van der Waals surface area contributed by atoms with Crippen molar-refractivity contribution in [2.45, 2.75) is 18.4 Å². The maximum absolute atomic E-state index is 12.3. The second-order valence-corrected chi connectivity index (χ2v) is 5.46. The summed E-state index contributed by atoms with van der Waals surface area (Å²) in [5.41, 5.74) is 6.89. The van der Waals surface area contributed by atoms with E-state index in [2.05, 4.69) is 14.5 Å². The van der Waals surface area contributed by atoms with Crippen molar-refractivity contribution in [2.75, 3.05) is 33.7 Å². The molecule has 2 atom stereocenters. The number of alkyl halides is 3. The van der Waals surface area contributed by atoms with Crippen LogP contribution in [0.5, 0.6) is 5.75 Å². The molecule has 2 rings (SSSR count). The molecule has 0 radical (unpaired) electrons. The molecule has 1 aliphatic heterocycles. The van der Waals surface area contributed by atoms with Crippen LogP contribution in [0, 0.1) is 0 Å². The van der Waals surface area contributed by atoms with E-state index in [-0.39, 0.29) is 17.8 Å². The highest BCUT2D eigenvalue weighted by atomic mass is 19.4. The third-order valence-corrected chi connectivity index (χ3v) is 3.79. The summed E-state index contributed by atoms with van der Waals surface area (Å²) >= 11 is 0. The molecule has 0 saturated carbocycles. The van der Waals surface area contributed by atoms with Crippen LogP contribution in [-0.4, -0.2) is 55.9 Å². The fourth-order valence-electron chi connectivity index (χ4n) is 2.57. The van der Waals surface area contributed by atoms with Crippen molar-refractivity contribution in [1.82, 2.24) is 9.80 Å². The number of piperazine rings is 1. The van der Waals surface area contributed by atoms with Crippen molar-refractivity contribution < 1.29 is 17.9 Å². The lowest BCUT2D eigenvalue weighted by Crippen LogP contribution is -2.54. The van der Waals surface area contributed by atoms with Crippen LogP contribution < -0.4 is 10.5 Å². The van der Waals surface area contributed by atoms with Crippen LogP contribution in [0.1, 0.15) is 11.6 Å². The van der Waals surface area contributed by atoms with Crippen LogP contribution in [0.15, 0.2) is 24.3 Å². The van der Waals surface area contributed by atoms with E-state index < -0.39 is 6.36 Å². The fourth-order valence-corrected chi connectivity index (χ4v) is 2.57. The summed E-state index contributed by atoms with van der Waals surface area (Å²) < 4.78 is 40.8. The fraction of sp³-hybridized carbons (Fsp3) is 0.571. The highest BCUT2D eigenvalue weighted by Crippen LogP contribution is 2.27. The second kappa shape index (κ2) is 6.21. The molecular formula is C14H20F3N3O. The average Bonchev–Trinajstić information content (AvgIpc) is 2.39. The zero-order chi connectivity index (χ0) is 15.6. The van der Waals surface area contributed by atoms with Crippen LogP contribution in [0.25, 0.3) is 0 Å². The molecule has 118 valence electrons. The lowest BCUT2D eigenvalue weighted by atomic mass is 9.97. The molecule has 21 heavy (non-hydrogen) atoms. The minimum atomic E-state index is -4.69. The summed E-state index contributed by atoms with van der Waals surface area (Å²) in [5, 5.41) is 0. The highest BCUT2D eigenvalue weighted by molar-refractivity contribution is 5.31. The molecule has 1 heterocycles. The van der Waals surface area contributed by atoms with Crippen molar-refractivity contribution in [3.8, 4) is 5.75 Å². The van der Waals surface area contributed by atoms with Gasteiger partial charge >= 0.3 is 6.36 Å². The third-order valence-electron chi connectivity index (χ3n) is 3.79. The van der Waals surface area contributed by atoms with Gasteiger partial charge in [0.25, 0.3) is 0 Å². The molecule has 7 heteroatoms. The Bertz CT molecular complexity index is 481. The summed E-state index contributed by atoms with van der Waals surface area (Å²) in [6.07, 6.45) is -4.69. The zero-order valence-electron chi connectivity index (χ0n) is 12.1. The van der Waals surface area contributed by atoms with Crippen LogP contribution in [0.2, 0.25) is 0 Å². The maximum atomic E-state index is 12.3. The number of halogens is 3. The Morgan fingerprint density at radius 1 is 1.29 bits per heavy atom. The summed E-state index contributed by atoms with van der Waals surface area (Å²) in [6, 6.07) is 5.60. The molecule has 1 saturated heterocycles. The first-order valence-corrected chi connectivity index (χ1v) is 6.76. The molecule has 2 N–H and O–H groups in total. The molecule has 1 fully saturated rings. The van der Waals surface area contributed by atoms with Gasteiger partial charge in [0.05, 0.1) is 0 Å². The lowest BCUT2D eigenvalue weighted by molar-refractivity contribution is -0.274. The summed E-state index contributed by atoms with van der Waals surface area (Å²) in [5.74, 6) is -0.234. The van der Waals surface area contributed by atoms with Crippen LogP contribution in [-0.2, 0) is 0 Å². The largest absolute Gasteiger partial charge is 0.573 e. The molecule has 0 aliphatic carbocycles. The first-order valence-electron chi connectivity index (χ1n) is 6.76. The van der Waals surface area contributed by atoms with Gasteiger partial charge in [0.1, 0.15) is 5.75 Å². The monoisotopic (exact) mass is 303 g/mol. The first-order chi connectivity index (χ1) is 9.76. The SMILES string of the molecule is CN1CCN(C)C(C(N)c2cccc(OC(F)(F)F)c2)C1. The van der Waals surface area contributed by atoms with Gasteiger partial charge in [-0.2, -0.15) is 0 Å². The number of likely N-dealkylation sites (N-methyl/N-ethyl adjacent to an activating group) is 2. The summed E-state index contributed by atoms with van der Waals surface area (Å²) in [7, 11) is 3.99. The van der Waals surface area contributed by atoms with Crippen molar-refractivity contribution in [2.24, 2.45) is 5.73 Å². The van der Waals surface area contributed by atoms with Crippen molar-refractivity contribution in [3.63, 3.8) is 0 Å². The predicted molar refractivity (Wildman–Crippen MR) is 74.0 cm³/mol. The number of hydrogen-bond acceptors (Lipinski definition) is 4. The Labute approximate surface area is 122 Å². The Hall–Kier alpha value is -1.31. The third kappa shape index (κ3) is 4.33. The van der Waals surface area contributed by atoms with Gasteiger partial charge < -0.3 is 15.4 Å². The molecule has 1 aromatic carbocycles. The number of rotatable bonds is 3. The highest BCUT2D eigenvalue weighted by Gasteiger charge is 2.32. The molecular weight excluding hydrogens is 283 g/mol. The molecule has 0 spiro atoms. The van der Waals surface area contributed by atoms with E-state index in [1.807, 2.05) is 14.1 Å². The first kappa shape index (κ1) is 16.1. The molecule has 0 bridgehead atoms. The van der Waals surface area contributed by atoms with Crippen LogP contribution >= 0.6 is 0 Å². The minimum absolute atomic E-state index is 0.0601. The van der Waals surface area contributed by atoms with Gasteiger partial charge in [0.15, 0.2) is 0 Å². The number of benzene rings is 1. The smallest absolute Gasteiger partial charge is 0.406 e. The summed E-state index contributed by atoms with van der Waals surface area (Å²) in [4.78, 5) is 4.31. The van der Waals surface area contributed by atoms with E-state index in [1.165, 1.54) is 18.2 Å². The van der Waals surface area contributed by atoms with Gasteiger partial charge in [-0.1, -0.05) is 12.1 Å². The Balaban J connectivity index is 2.15. The van der Waals surface area contributed by atoms with Crippen molar-refractivity contribution in [1.29, 1.82) is 0 Å². The Morgan fingerprint density at radius 3 is 2.67 bits per heavy atom. The van der Waals surface area contributed by atoms with Gasteiger partial charge in [-0.15, -0.1) is 13.2 Å². The second-order valence-electron chi connectivity index (χ2n) is 5.46. The summed E-state index contributed by atoms with van der Waals surface area (Å²) in [6.45, 7) is 2.62. The van der Waals surface area contributed by atoms with Gasteiger partial charge in [-0.05, 0) is 31.8 Å². The van der Waals surface area contributed by atoms with Crippen LogP contribution in [0.3, 0.4) is 0 Å². The van der Waals surface area contributed by atoms with Gasteiger partial charge in [-0.25, -0.2) is 0 Å². The number of nitrogens with zero attached hydrogens (tertiary/aromatic N) is 2. The van der Waals surface area contributed by atoms with E-state index in [0.717, 1.165) is 19.6 Å². The van der Waals surface area contributed by atoms with Crippen molar-refractivity contribution >= 4 is 0 Å². The molecule has 2 unspecified atom stereocenters. The predicted octanol–water partition coefficient (Wildman–Crippen LogP) is 1.83. The number of ether oxygens (including phenoxy) is 1. The molecule has 0 aromatic heterocycles. The quantitative estimate of drug-likeness (QED) is 0.925.